The van der Waals surface area contributed by atoms with Gasteiger partial charge in [0.1, 0.15) is 11.5 Å². The number of rotatable bonds is 2. The Kier molecular flexibility index (Phi) is 2.85. The van der Waals surface area contributed by atoms with Crippen LogP contribution in [0.4, 0.5) is 0 Å². The molecule has 0 radical (unpaired) electrons. The van der Waals surface area contributed by atoms with Gasteiger partial charge in [-0.2, -0.15) is 0 Å². The van der Waals surface area contributed by atoms with Crippen molar-refractivity contribution in [2.45, 2.75) is 32.2 Å². The van der Waals surface area contributed by atoms with Gasteiger partial charge in [-0.05, 0) is 12.8 Å². The topological polar surface area (TPSA) is 55.1 Å². The highest BCUT2D eigenvalue weighted by Crippen LogP contribution is 2.32. The molecule has 2 aromatic rings. The summed E-state index contributed by atoms with van der Waals surface area (Å²) >= 11 is 0. The number of nitrogens with zero attached hydrogens (tertiary/aromatic N) is 2. The molecule has 0 saturated heterocycles. The van der Waals surface area contributed by atoms with Crippen molar-refractivity contribution in [2.75, 3.05) is 0 Å². The molecule has 1 unspecified atom stereocenters. The van der Waals surface area contributed by atoms with E-state index in [9.17, 15) is 9.90 Å². The molecular weight excluding hydrogens is 240 g/mol. The molecule has 4 heteroatoms. The van der Waals surface area contributed by atoms with Crippen LogP contribution >= 0.6 is 0 Å². The fourth-order valence-electron chi connectivity index (χ4n) is 2.77. The Morgan fingerprint density at radius 2 is 2.11 bits per heavy atom. The second kappa shape index (κ2) is 4.53. The predicted octanol–water partition coefficient (Wildman–Crippen LogP) is 3.15. The average molecular weight is 256 g/mol. The summed E-state index contributed by atoms with van der Waals surface area (Å²) in [7, 11) is 0. The van der Waals surface area contributed by atoms with E-state index < -0.39 is 5.97 Å². The number of imidazole rings is 1. The lowest BCUT2D eigenvalue weighted by atomic mass is 10.0. The smallest absolute Gasteiger partial charge is 0.354 e. The van der Waals surface area contributed by atoms with Gasteiger partial charge in [0.2, 0.25) is 0 Å². The Morgan fingerprint density at radius 1 is 1.37 bits per heavy atom. The van der Waals surface area contributed by atoms with E-state index in [2.05, 4.69) is 11.9 Å². The average Bonchev–Trinajstić information content (AvgIpc) is 2.81. The lowest BCUT2D eigenvalue weighted by Gasteiger charge is -2.20. The number of hydrogen-bond donors (Lipinski definition) is 1. The molecule has 0 amide bonds. The third-order valence-corrected chi connectivity index (χ3v) is 3.71. The molecule has 19 heavy (non-hydrogen) atoms. The van der Waals surface area contributed by atoms with E-state index in [0.29, 0.717) is 17.3 Å². The number of aromatic carboxylic acids is 1. The molecule has 2 heterocycles. The van der Waals surface area contributed by atoms with Gasteiger partial charge >= 0.3 is 5.97 Å². The number of aromatic nitrogens is 2. The first-order chi connectivity index (χ1) is 9.18. The molecule has 1 aliphatic rings. The molecule has 1 aliphatic heterocycles. The fourth-order valence-corrected chi connectivity index (χ4v) is 2.77. The van der Waals surface area contributed by atoms with E-state index in [0.717, 1.165) is 30.8 Å². The normalized spacial score (nSPS) is 18.1. The van der Waals surface area contributed by atoms with E-state index in [1.807, 2.05) is 34.9 Å². The summed E-state index contributed by atoms with van der Waals surface area (Å²) in [6.45, 7) is 2.86. The maximum Gasteiger partial charge on any atom is 0.354 e. The Bertz CT molecular complexity index is 617. The second-order valence-electron chi connectivity index (χ2n) is 5.03. The number of hydrogen-bond acceptors (Lipinski definition) is 2. The van der Waals surface area contributed by atoms with Gasteiger partial charge in [-0.25, -0.2) is 9.78 Å². The third kappa shape index (κ3) is 1.93. The molecule has 0 spiro atoms. The molecule has 98 valence electrons. The SMILES string of the molecule is CC1CCCn2c1nc(-c1ccccc1)c2C(=O)O. The molecule has 1 aromatic heterocycles. The Labute approximate surface area is 111 Å². The van der Waals surface area contributed by atoms with Crippen molar-refractivity contribution < 1.29 is 9.90 Å². The number of carboxylic acids is 1. The van der Waals surface area contributed by atoms with Crippen LogP contribution in [0, 0.1) is 0 Å². The standard InChI is InChI=1S/C15H16N2O2/c1-10-6-5-9-17-13(15(18)19)12(16-14(10)17)11-7-3-2-4-8-11/h2-4,7-8,10H,5-6,9H2,1H3,(H,18,19). The van der Waals surface area contributed by atoms with Crippen LogP contribution in [0.1, 0.15) is 42.0 Å². The van der Waals surface area contributed by atoms with Crippen molar-refractivity contribution in [1.82, 2.24) is 9.55 Å². The van der Waals surface area contributed by atoms with Crippen molar-refractivity contribution in [3.63, 3.8) is 0 Å². The molecule has 0 fully saturated rings. The van der Waals surface area contributed by atoms with Crippen LogP contribution < -0.4 is 0 Å². The number of carboxylic acid groups (broad SMARTS) is 1. The Morgan fingerprint density at radius 3 is 2.79 bits per heavy atom. The zero-order valence-corrected chi connectivity index (χ0v) is 10.8. The highest BCUT2D eigenvalue weighted by molar-refractivity contribution is 5.93. The second-order valence-corrected chi connectivity index (χ2v) is 5.03. The van der Waals surface area contributed by atoms with Crippen LogP contribution in [0.3, 0.4) is 0 Å². The summed E-state index contributed by atoms with van der Waals surface area (Å²) in [6, 6.07) is 9.55. The molecule has 1 aromatic carbocycles. The van der Waals surface area contributed by atoms with E-state index in [1.54, 1.807) is 0 Å². The predicted molar refractivity (Wildman–Crippen MR) is 72.3 cm³/mol. The zero-order chi connectivity index (χ0) is 13.4. The molecule has 0 bridgehead atoms. The lowest BCUT2D eigenvalue weighted by molar-refractivity contribution is 0.0684. The largest absolute Gasteiger partial charge is 0.477 e. The van der Waals surface area contributed by atoms with Crippen LogP contribution in [0.15, 0.2) is 30.3 Å². The van der Waals surface area contributed by atoms with Gasteiger partial charge in [0, 0.05) is 18.0 Å². The Balaban J connectivity index is 2.22. The van der Waals surface area contributed by atoms with Gasteiger partial charge in [0.15, 0.2) is 5.69 Å². The van der Waals surface area contributed by atoms with E-state index in [-0.39, 0.29) is 0 Å². The summed E-state index contributed by atoms with van der Waals surface area (Å²) in [5, 5.41) is 9.50. The number of carbonyl (C=O) groups is 1. The van der Waals surface area contributed by atoms with Crippen molar-refractivity contribution in [3.05, 3.63) is 41.9 Å². The van der Waals surface area contributed by atoms with Gasteiger partial charge in [0.25, 0.3) is 0 Å². The molecule has 1 N–H and O–H groups in total. The number of fused-ring (bicyclic) bond motifs is 1. The monoisotopic (exact) mass is 256 g/mol. The molecule has 3 rings (SSSR count). The van der Waals surface area contributed by atoms with Gasteiger partial charge in [-0.3, -0.25) is 0 Å². The highest BCUT2D eigenvalue weighted by atomic mass is 16.4. The van der Waals surface area contributed by atoms with Crippen LogP contribution in [0.5, 0.6) is 0 Å². The van der Waals surface area contributed by atoms with Crippen molar-refractivity contribution in [2.24, 2.45) is 0 Å². The van der Waals surface area contributed by atoms with Gasteiger partial charge in [-0.1, -0.05) is 37.3 Å². The highest BCUT2D eigenvalue weighted by Gasteiger charge is 2.28. The molecule has 1 atom stereocenters. The lowest BCUT2D eigenvalue weighted by Crippen LogP contribution is -2.18. The van der Waals surface area contributed by atoms with Crippen LogP contribution in [0.25, 0.3) is 11.3 Å². The van der Waals surface area contributed by atoms with E-state index >= 15 is 0 Å². The van der Waals surface area contributed by atoms with Crippen molar-refractivity contribution in [3.8, 4) is 11.3 Å². The van der Waals surface area contributed by atoms with Gasteiger partial charge in [0.05, 0.1) is 0 Å². The van der Waals surface area contributed by atoms with Crippen LogP contribution in [-0.4, -0.2) is 20.6 Å². The number of benzene rings is 1. The van der Waals surface area contributed by atoms with Crippen molar-refractivity contribution >= 4 is 5.97 Å². The summed E-state index contributed by atoms with van der Waals surface area (Å²) < 4.78 is 1.87. The van der Waals surface area contributed by atoms with Gasteiger partial charge < -0.3 is 9.67 Å². The van der Waals surface area contributed by atoms with E-state index in [1.165, 1.54) is 0 Å². The summed E-state index contributed by atoms with van der Waals surface area (Å²) in [5.74, 6) is 0.332. The summed E-state index contributed by atoms with van der Waals surface area (Å²) in [4.78, 5) is 16.2. The van der Waals surface area contributed by atoms with Crippen LogP contribution in [-0.2, 0) is 6.54 Å². The first-order valence-corrected chi connectivity index (χ1v) is 6.57. The van der Waals surface area contributed by atoms with E-state index in [4.69, 9.17) is 0 Å². The maximum atomic E-state index is 11.6. The van der Waals surface area contributed by atoms with Crippen molar-refractivity contribution in [1.29, 1.82) is 0 Å². The molecular formula is C15H16N2O2. The molecule has 0 aliphatic carbocycles. The minimum absolute atomic E-state index is 0.323. The van der Waals surface area contributed by atoms with Gasteiger partial charge in [-0.15, -0.1) is 0 Å². The zero-order valence-electron chi connectivity index (χ0n) is 10.8. The summed E-state index contributed by atoms with van der Waals surface area (Å²) in [6.07, 6.45) is 2.09. The Hall–Kier alpha value is -2.10. The first kappa shape index (κ1) is 12.0. The fraction of sp³-hybridized carbons (Fsp3) is 0.333. The quantitative estimate of drug-likeness (QED) is 0.898. The maximum absolute atomic E-state index is 11.6. The third-order valence-electron chi connectivity index (χ3n) is 3.71. The van der Waals surface area contributed by atoms with Crippen LogP contribution in [0.2, 0.25) is 0 Å². The molecule has 0 saturated carbocycles. The minimum atomic E-state index is -0.897. The first-order valence-electron chi connectivity index (χ1n) is 6.57. The summed E-state index contributed by atoms with van der Waals surface area (Å²) in [5.41, 5.74) is 1.79. The minimum Gasteiger partial charge on any atom is -0.477 e. The molecule has 4 nitrogen and oxygen atoms in total.